The van der Waals surface area contributed by atoms with Gasteiger partial charge in [-0.05, 0) is 38.0 Å². The summed E-state index contributed by atoms with van der Waals surface area (Å²) in [6.45, 7) is 0.781. The Balaban J connectivity index is 1.78. The van der Waals surface area contributed by atoms with Crippen LogP contribution in [-0.4, -0.2) is 34.5 Å². The van der Waals surface area contributed by atoms with Crippen molar-refractivity contribution in [2.24, 2.45) is 11.3 Å². The molecule has 4 heteroatoms. The number of carboxylic acid groups (broad SMARTS) is 1. The second-order valence-electron chi connectivity index (χ2n) is 6.14. The summed E-state index contributed by atoms with van der Waals surface area (Å²) in [6, 6.07) is 0.336. The molecule has 1 heterocycles. The van der Waals surface area contributed by atoms with Crippen LogP contribution in [0.3, 0.4) is 0 Å². The van der Waals surface area contributed by atoms with Gasteiger partial charge >= 0.3 is 5.97 Å². The van der Waals surface area contributed by atoms with Crippen LogP contribution < -0.4 is 0 Å². The number of nitrogens with zero attached hydrogens (tertiary/aromatic N) is 1. The summed E-state index contributed by atoms with van der Waals surface area (Å²) in [5, 5.41) is 9.36. The molecule has 0 aromatic heterocycles. The van der Waals surface area contributed by atoms with Gasteiger partial charge in [0.1, 0.15) is 5.41 Å². The largest absolute Gasteiger partial charge is 0.480 e. The van der Waals surface area contributed by atoms with Gasteiger partial charge in [0.05, 0.1) is 0 Å². The van der Waals surface area contributed by atoms with Crippen LogP contribution in [-0.2, 0) is 9.59 Å². The molecule has 0 radical (unpaired) electrons. The normalized spacial score (nSPS) is 33.7. The maximum Gasteiger partial charge on any atom is 0.319 e. The van der Waals surface area contributed by atoms with Gasteiger partial charge in [-0.2, -0.15) is 0 Å². The van der Waals surface area contributed by atoms with E-state index in [2.05, 4.69) is 0 Å². The summed E-state index contributed by atoms with van der Waals surface area (Å²) in [7, 11) is 0. The molecule has 2 aliphatic carbocycles. The van der Waals surface area contributed by atoms with Gasteiger partial charge in [-0.25, -0.2) is 0 Å². The van der Waals surface area contributed by atoms with Crippen LogP contribution in [0.1, 0.15) is 51.4 Å². The molecule has 2 saturated carbocycles. The summed E-state index contributed by atoms with van der Waals surface area (Å²) in [5.41, 5.74) is -1.06. The molecule has 0 spiro atoms. The van der Waals surface area contributed by atoms with E-state index in [0.717, 1.165) is 25.8 Å². The van der Waals surface area contributed by atoms with Crippen molar-refractivity contribution in [2.45, 2.75) is 57.4 Å². The van der Waals surface area contributed by atoms with Crippen molar-refractivity contribution >= 4 is 11.9 Å². The zero-order valence-electron chi connectivity index (χ0n) is 10.7. The first-order chi connectivity index (χ1) is 8.65. The Bertz CT molecular complexity index is 375. The summed E-state index contributed by atoms with van der Waals surface area (Å²) in [5.74, 6) is -0.359. The van der Waals surface area contributed by atoms with E-state index in [9.17, 15) is 14.7 Å². The SMILES string of the molecule is O=C(O)C1(C(=O)N2CCC3CCCCC32)CCC1. The van der Waals surface area contributed by atoms with Gasteiger partial charge in [0, 0.05) is 12.6 Å². The highest BCUT2D eigenvalue weighted by Gasteiger charge is 2.55. The lowest BCUT2D eigenvalue weighted by Crippen LogP contribution is -2.54. The molecular weight excluding hydrogens is 230 g/mol. The average Bonchev–Trinajstić information content (AvgIpc) is 2.70. The second kappa shape index (κ2) is 4.25. The molecule has 4 nitrogen and oxygen atoms in total. The fourth-order valence-electron chi connectivity index (χ4n) is 3.98. The minimum Gasteiger partial charge on any atom is -0.480 e. The molecule has 1 amide bonds. The number of aliphatic carboxylic acids is 1. The fourth-order valence-corrected chi connectivity index (χ4v) is 3.98. The van der Waals surface area contributed by atoms with Crippen LogP contribution in [0.5, 0.6) is 0 Å². The monoisotopic (exact) mass is 251 g/mol. The number of hydrogen-bond acceptors (Lipinski definition) is 2. The number of carbonyl (C=O) groups excluding carboxylic acids is 1. The van der Waals surface area contributed by atoms with Crippen LogP contribution in [0.15, 0.2) is 0 Å². The van der Waals surface area contributed by atoms with Crippen molar-refractivity contribution in [3.8, 4) is 0 Å². The number of carbonyl (C=O) groups is 2. The Hall–Kier alpha value is -1.06. The van der Waals surface area contributed by atoms with Gasteiger partial charge in [-0.15, -0.1) is 0 Å². The Morgan fingerprint density at radius 1 is 1.06 bits per heavy atom. The van der Waals surface area contributed by atoms with E-state index in [1.807, 2.05) is 4.90 Å². The van der Waals surface area contributed by atoms with Crippen LogP contribution in [0.4, 0.5) is 0 Å². The molecule has 2 atom stereocenters. The molecule has 3 fully saturated rings. The highest BCUT2D eigenvalue weighted by Crippen LogP contribution is 2.46. The van der Waals surface area contributed by atoms with Crippen LogP contribution >= 0.6 is 0 Å². The smallest absolute Gasteiger partial charge is 0.319 e. The van der Waals surface area contributed by atoms with Crippen molar-refractivity contribution < 1.29 is 14.7 Å². The van der Waals surface area contributed by atoms with Gasteiger partial charge < -0.3 is 10.0 Å². The van der Waals surface area contributed by atoms with Crippen LogP contribution in [0.2, 0.25) is 0 Å². The van der Waals surface area contributed by atoms with Gasteiger partial charge in [0.2, 0.25) is 5.91 Å². The Morgan fingerprint density at radius 2 is 1.78 bits per heavy atom. The lowest BCUT2D eigenvalue weighted by molar-refractivity contribution is -0.168. The standard InChI is InChI=1S/C14H21NO3/c16-12(14(13(17)18)7-3-8-14)15-9-6-10-4-1-2-5-11(10)15/h10-11H,1-9H2,(H,17,18). The summed E-state index contributed by atoms with van der Waals surface area (Å²) < 4.78 is 0. The fraction of sp³-hybridized carbons (Fsp3) is 0.857. The minimum absolute atomic E-state index is 0.0874. The van der Waals surface area contributed by atoms with E-state index in [-0.39, 0.29) is 5.91 Å². The van der Waals surface area contributed by atoms with Crippen molar-refractivity contribution in [2.75, 3.05) is 6.54 Å². The van der Waals surface area contributed by atoms with E-state index in [0.29, 0.717) is 24.8 Å². The first-order valence-electron chi connectivity index (χ1n) is 7.20. The molecule has 0 aromatic carbocycles. The van der Waals surface area contributed by atoms with Gasteiger partial charge in [-0.1, -0.05) is 19.3 Å². The highest BCUT2D eigenvalue weighted by molar-refractivity contribution is 6.03. The molecule has 100 valence electrons. The third-order valence-corrected chi connectivity index (χ3v) is 5.30. The average molecular weight is 251 g/mol. The Labute approximate surface area is 107 Å². The molecule has 1 aliphatic heterocycles. The number of rotatable bonds is 2. The Kier molecular flexibility index (Phi) is 2.83. The van der Waals surface area contributed by atoms with Crippen molar-refractivity contribution in [3.05, 3.63) is 0 Å². The van der Waals surface area contributed by atoms with Gasteiger partial charge in [0.25, 0.3) is 0 Å². The molecule has 3 rings (SSSR count). The van der Waals surface area contributed by atoms with Crippen LogP contribution in [0, 0.1) is 11.3 Å². The molecule has 1 N–H and O–H groups in total. The molecule has 0 aromatic rings. The Morgan fingerprint density at radius 3 is 2.39 bits per heavy atom. The molecule has 18 heavy (non-hydrogen) atoms. The molecule has 0 bridgehead atoms. The molecule has 2 unspecified atom stereocenters. The van der Waals surface area contributed by atoms with E-state index >= 15 is 0 Å². The number of hydrogen-bond donors (Lipinski definition) is 1. The van der Waals surface area contributed by atoms with E-state index in [4.69, 9.17) is 0 Å². The second-order valence-corrected chi connectivity index (χ2v) is 6.14. The zero-order valence-corrected chi connectivity index (χ0v) is 10.7. The van der Waals surface area contributed by atoms with E-state index in [1.165, 1.54) is 19.3 Å². The predicted molar refractivity (Wildman–Crippen MR) is 66.0 cm³/mol. The maximum absolute atomic E-state index is 12.6. The quantitative estimate of drug-likeness (QED) is 0.764. The summed E-state index contributed by atoms with van der Waals surface area (Å²) in [6.07, 6.45) is 7.77. The topological polar surface area (TPSA) is 57.6 Å². The first-order valence-corrected chi connectivity index (χ1v) is 7.20. The summed E-state index contributed by atoms with van der Waals surface area (Å²) in [4.78, 5) is 25.9. The number of fused-ring (bicyclic) bond motifs is 1. The number of amides is 1. The van der Waals surface area contributed by atoms with Crippen molar-refractivity contribution in [3.63, 3.8) is 0 Å². The van der Waals surface area contributed by atoms with Crippen LogP contribution in [0.25, 0.3) is 0 Å². The molecule has 3 aliphatic rings. The predicted octanol–water partition coefficient (Wildman–Crippen LogP) is 2.03. The maximum atomic E-state index is 12.6. The molecule has 1 saturated heterocycles. The zero-order chi connectivity index (χ0) is 12.8. The van der Waals surface area contributed by atoms with E-state index in [1.54, 1.807) is 0 Å². The molecular formula is C14H21NO3. The van der Waals surface area contributed by atoms with Crippen molar-refractivity contribution in [1.29, 1.82) is 0 Å². The third kappa shape index (κ3) is 1.57. The third-order valence-electron chi connectivity index (χ3n) is 5.30. The highest BCUT2D eigenvalue weighted by atomic mass is 16.4. The minimum atomic E-state index is -1.06. The van der Waals surface area contributed by atoms with Gasteiger partial charge in [-0.3, -0.25) is 9.59 Å². The summed E-state index contributed by atoms with van der Waals surface area (Å²) >= 11 is 0. The van der Waals surface area contributed by atoms with E-state index < -0.39 is 11.4 Å². The number of carboxylic acids is 1. The van der Waals surface area contributed by atoms with Crippen molar-refractivity contribution in [1.82, 2.24) is 4.90 Å². The number of likely N-dealkylation sites (tertiary alicyclic amines) is 1. The first kappa shape index (κ1) is 12.0. The lowest BCUT2D eigenvalue weighted by atomic mass is 9.67. The lowest BCUT2D eigenvalue weighted by Gasteiger charge is -2.42. The van der Waals surface area contributed by atoms with Gasteiger partial charge in [0.15, 0.2) is 0 Å².